The van der Waals surface area contributed by atoms with E-state index in [0.717, 1.165) is 5.56 Å². The molecule has 7 nitrogen and oxygen atoms in total. The third kappa shape index (κ3) is 2.75. The highest BCUT2D eigenvalue weighted by Gasteiger charge is 2.14. The Kier molecular flexibility index (Phi) is 3.66. The number of rotatable bonds is 2. The number of nitrogens with zero attached hydrogens (tertiary/aromatic N) is 4. The van der Waals surface area contributed by atoms with Crippen molar-refractivity contribution in [1.29, 1.82) is 5.26 Å². The molecule has 0 bridgehead atoms. The molecule has 0 aliphatic rings. The summed E-state index contributed by atoms with van der Waals surface area (Å²) in [6.45, 7) is 1.92. The zero-order chi connectivity index (χ0) is 14.7. The zero-order valence-corrected chi connectivity index (χ0v) is 11.2. The summed E-state index contributed by atoms with van der Waals surface area (Å²) in [6.07, 6.45) is -0.690. The van der Waals surface area contributed by atoms with Crippen LogP contribution in [-0.4, -0.2) is 35.8 Å². The summed E-state index contributed by atoms with van der Waals surface area (Å²) in [5.74, 6) is 0.0136. The van der Waals surface area contributed by atoms with Crippen LogP contribution in [-0.2, 0) is 4.84 Å². The van der Waals surface area contributed by atoms with Crippen LogP contribution in [0.25, 0.3) is 11.1 Å². The highest BCUT2D eigenvalue weighted by Crippen LogP contribution is 2.17. The number of carbonyl (C=O) groups excluding carboxylic acids is 1. The van der Waals surface area contributed by atoms with Crippen LogP contribution in [0.1, 0.15) is 11.5 Å². The molecule has 0 aliphatic carbocycles. The molecule has 2 aromatic rings. The predicted molar refractivity (Wildman–Crippen MR) is 71.1 cm³/mol. The van der Waals surface area contributed by atoms with Crippen molar-refractivity contribution in [1.82, 2.24) is 9.88 Å². The average Bonchev–Trinajstić information content (AvgIpc) is 2.81. The molecule has 0 N–H and O–H groups in total. The number of hydrogen-bond acceptors (Lipinski definition) is 6. The molecule has 0 spiro atoms. The summed E-state index contributed by atoms with van der Waals surface area (Å²) in [7, 11) is 3.01. The molecule has 7 heteroatoms. The van der Waals surface area contributed by atoms with E-state index in [-0.39, 0.29) is 11.6 Å². The number of amides is 1. The van der Waals surface area contributed by atoms with Crippen molar-refractivity contribution in [3.05, 3.63) is 29.7 Å². The number of oxazole rings is 1. The van der Waals surface area contributed by atoms with E-state index >= 15 is 0 Å². The fourth-order valence-electron chi connectivity index (χ4n) is 1.41. The lowest BCUT2D eigenvalue weighted by molar-refractivity contribution is 0.122. The number of carbonyl (C=O) groups is 1. The van der Waals surface area contributed by atoms with Crippen LogP contribution in [0.3, 0.4) is 0 Å². The van der Waals surface area contributed by atoms with Gasteiger partial charge >= 0.3 is 6.09 Å². The normalized spacial score (nSPS) is 11.2. The second kappa shape index (κ2) is 5.40. The largest absolute Gasteiger partial charge is 0.435 e. The first-order valence-corrected chi connectivity index (χ1v) is 5.75. The SMILES string of the molecule is Cc1ccc2nc(/C(C#N)=N/OC(=O)N(C)C)oc2c1. The molecule has 0 atom stereocenters. The lowest BCUT2D eigenvalue weighted by Crippen LogP contribution is -2.21. The van der Waals surface area contributed by atoms with Gasteiger partial charge in [-0.1, -0.05) is 11.2 Å². The van der Waals surface area contributed by atoms with Crippen LogP contribution in [0.4, 0.5) is 4.79 Å². The standard InChI is InChI=1S/C13H12N4O3/c1-8-4-5-9-11(6-8)19-12(15-9)10(7-14)16-20-13(18)17(2)3/h4-6H,1-3H3/b16-10+. The van der Waals surface area contributed by atoms with Gasteiger partial charge in [-0.05, 0) is 24.6 Å². The Morgan fingerprint density at radius 2 is 2.25 bits per heavy atom. The van der Waals surface area contributed by atoms with Crippen molar-refractivity contribution >= 4 is 22.9 Å². The van der Waals surface area contributed by atoms with E-state index in [1.54, 1.807) is 18.2 Å². The fraction of sp³-hybridized carbons (Fsp3) is 0.231. The van der Waals surface area contributed by atoms with Crippen molar-refractivity contribution < 1.29 is 14.0 Å². The Labute approximate surface area is 115 Å². The van der Waals surface area contributed by atoms with Gasteiger partial charge < -0.3 is 9.32 Å². The molecule has 0 unspecified atom stereocenters. The summed E-state index contributed by atoms with van der Waals surface area (Å²) in [5, 5.41) is 12.5. The van der Waals surface area contributed by atoms with Crippen LogP contribution in [0, 0.1) is 18.3 Å². The predicted octanol–water partition coefficient (Wildman–Crippen LogP) is 2.06. The number of fused-ring (bicyclic) bond motifs is 1. The van der Waals surface area contributed by atoms with Gasteiger partial charge in [0.15, 0.2) is 5.58 Å². The highest BCUT2D eigenvalue weighted by atomic mass is 16.7. The second-order valence-corrected chi connectivity index (χ2v) is 4.29. The first kappa shape index (κ1) is 13.5. The monoisotopic (exact) mass is 272 g/mol. The van der Waals surface area contributed by atoms with Crippen molar-refractivity contribution in [2.45, 2.75) is 6.92 Å². The van der Waals surface area contributed by atoms with Crippen LogP contribution < -0.4 is 0 Å². The third-order valence-electron chi connectivity index (χ3n) is 2.43. The molecule has 0 saturated carbocycles. The maximum atomic E-state index is 11.2. The molecule has 0 aliphatic heterocycles. The minimum absolute atomic E-state index is 0.0136. The minimum Gasteiger partial charge on any atom is -0.434 e. The zero-order valence-electron chi connectivity index (χ0n) is 11.2. The summed E-state index contributed by atoms with van der Waals surface area (Å²) in [4.78, 5) is 21.1. The Balaban J connectivity index is 2.32. The van der Waals surface area contributed by atoms with Crippen LogP contribution in [0.2, 0.25) is 0 Å². The van der Waals surface area contributed by atoms with E-state index in [9.17, 15) is 4.79 Å². The molecule has 20 heavy (non-hydrogen) atoms. The second-order valence-electron chi connectivity index (χ2n) is 4.29. The van der Waals surface area contributed by atoms with Gasteiger partial charge in [0.05, 0.1) is 0 Å². The molecular weight excluding hydrogens is 260 g/mol. The first-order valence-electron chi connectivity index (χ1n) is 5.75. The number of benzene rings is 1. The van der Waals surface area contributed by atoms with Crippen LogP contribution in [0.15, 0.2) is 27.8 Å². The maximum Gasteiger partial charge on any atom is 0.435 e. The molecule has 0 fully saturated rings. The van der Waals surface area contributed by atoms with E-state index in [1.807, 2.05) is 13.0 Å². The lowest BCUT2D eigenvalue weighted by Gasteiger charge is -2.05. The van der Waals surface area contributed by atoms with Crippen molar-refractivity contribution in [3.8, 4) is 6.07 Å². The van der Waals surface area contributed by atoms with E-state index in [2.05, 4.69) is 15.0 Å². The quantitative estimate of drug-likeness (QED) is 0.474. The van der Waals surface area contributed by atoms with E-state index in [4.69, 9.17) is 9.68 Å². The van der Waals surface area contributed by atoms with E-state index < -0.39 is 6.09 Å². The summed E-state index contributed by atoms with van der Waals surface area (Å²) in [5.41, 5.74) is 1.96. The Morgan fingerprint density at radius 1 is 1.50 bits per heavy atom. The van der Waals surface area contributed by atoms with E-state index in [0.29, 0.717) is 11.1 Å². The number of nitriles is 1. The average molecular weight is 272 g/mol. The highest BCUT2D eigenvalue weighted by molar-refractivity contribution is 6.09. The van der Waals surface area contributed by atoms with Gasteiger partial charge in [0.1, 0.15) is 11.6 Å². The Hall–Kier alpha value is -2.88. The molecular formula is C13H12N4O3. The smallest absolute Gasteiger partial charge is 0.434 e. The van der Waals surface area contributed by atoms with Gasteiger partial charge in [-0.3, -0.25) is 4.84 Å². The van der Waals surface area contributed by atoms with E-state index in [1.165, 1.54) is 19.0 Å². The van der Waals surface area contributed by atoms with Crippen molar-refractivity contribution in [3.63, 3.8) is 0 Å². The van der Waals surface area contributed by atoms with Gasteiger partial charge in [0, 0.05) is 14.1 Å². The molecule has 0 radical (unpaired) electrons. The molecule has 1 aromatic heterocycles. The lowest BCUT2D eigenvalue weighted by atomic mass is 10.2. The summed E-state index contributed by atoms with van der Waals surface area (Å²) < 4.78 is 5.43. The van der Waals surface area contributed by atoms with Crippen molar-refractivity contribution in [2.75, 3.05) is 14.1 Å². The molecule has 2 rings (SSSR count). The van der Waals surface area contributed by atoms with Gasteiger partial charge in [-0.25, -0.2) is 9.78 Å². The van der Waals surface area contributed by atoms with Gasteiger partial charge in [-0.2, -0.15) is 5.26 Å². The van der Waals surface area contributed by atoms with Gasteiger partial charge in [-0.15, -0.1) is 0 Å². The third-order valence-corrected chi connectivity index (χ3v) is 2.43. The number of hydrogen-bond donors (Lipinski definition) is 0. The molecule has 0 saturated heterocycles. The summed E-state index contributed by atoms with van der Waals surface area (Å²) in [6, 6.07) is 7.24. The Bertz CT molecular complexity index is 725. The minimum atomic E-state index is -0.690. The molecule has 102 valence electrons. The molecule has 1 heterocycles. The molecule has 1 aromatic carbocycles. The molecule has 1 amide bonds. The van der Waals surface area contributed by atoms with Gasteiger partial charge in [0.25, 0.3) is 5.89 Å². The fourth-order valence-corrected chi connectivity index (χ4v) is 1.41. The summed E-state index contributed by atoms with van der Waals surface area (Å²) >= 11 is 0. The van der Waals surface area contributed by atoms with Crippen LogP contribution in [0.5, 0.6) is 0 Å². The van der Waals surface area contributed by atoms with Crippen molar-refractivity contribution in [2.24, 2.45) is 5.16 Å². The van der Waals surface area contributed by atoms with Gasteiger partial charge in [0.2, 0.25) is 5.71 Å². The number of aromatic nitrogens is 1. The first-order chi connectivity index (χ1) is 9.51. The Morgan fingerprint density at radius 3 is 2.90 bits per heavy atom. The maximum absolute atomic E-state index is 11.2. The van der Waals surface area contributed by atoms with Crippen LogP contribution >= 0.6 is 0 Å². The number of aryl methyl sites for hydroxylation is 1. The number of oxime groups is 1. The topological polar surface area (TPSA) is 91.7 Å².